The second kappa shape index (κ2) is 6.87. The summed E-state index contributed by atoms with van der Waals surface area (Å²) in [4.78, 5) is 25.7. The molecule has 124 valence electrons. The molecule has 0 aliphatic carbocycles. The molecule has 0 saturated heterocycles. The van der Waals surface area contributed by atoms with E-state index in [-0.39, 0.29) is 11.8 Å². The number of nitrogens with one attached hydrogen (secondary N) is 1. The molecule has 0 fully saturated rings. The standard InChI is InChI=1S/C20H22N2O2/c1-14-4-3-5-16(10-14)11-20(24)21-19-7-6-17-8-9-22(15(2)23)13-18(17)12-19/h3-7,10,12H,8-9,11,13H2,1-2H3,(H,21,24). The van der Waals surface area contributed by atoms with E-state index in [2.05, 4.69) is 11.4 Å². The zero-order valence-electron chi connectivity index (χ0n) is 14.1. The predicted octanol–water partition coefficient (Wildman–Crippen LogP) is 3.08. The molecular weight excluding hydrogens is 300 g/mol. The highest BCUT2D eigenvalue weighted by atomic mass is 16.2. The van der Waals surface area contributed by atoms with Gasteiger partial charge < -0.3 is 10.2 Å². The minimum Gasteiger partial charge on any atom is -0.338 e. The first kappa shape index (κ1) is 16.2. The van der Waals surface area contributed by atoms with E-state index in [4.69, 9.17) is 0 Å². The van der Waals surface area contributed by atoms with Crippen LogP contribution in [-0.2, 0) is 29.0 Å². The van der Waals surface area contributed by atoms with E-state index in [1.807, 2.05) is 48.2 Å². The molecule has 0 radical (unpaired) electrons. The van der Waals surface area contributed by atoms with Crippen LogP contribution < -0.4 is 5.32 Å². The van der Waals surface area contributed by atoms with Gasteiger partial charge in [-0.15, -0.1) is 0 Å². The largest absolute Gasteiger partial charge is 0.338 e. The van der Waals surface area contributed by atoms with Crippen molar-refractivity contribution in [3.05, 3.63) is 64.7 Å². The van der Waals surface area contributed by atoms with Crippen molar-refractivity contribution in [2.24, 2.45) is 0 Å². The van der Waals surface area contributed by atoms with Crippen molar-refractivity contribution in [2.75, 3.05) is 11.9 Å². The number of carbonyl (C=O) groups excluding carboxylic acids is 2. The van der Waals surface area contributed by atoms with Gasteiger partial charge in [-0.25, -0.2) is 0 Å². The molecule has 1 aliphatic rings. The van der Waals surface area contributed by atoms with Crippen molar-refractivity contribution >= 4 is 17.5 Å². The summed E-state index contributed by atoms with van der Waals surface area (Å²) < 4.78 is 0. The maximum atomic E-state index is 12.3. The fourth-order valence-electron chi connectivity index (χ4n) is 3.12. The van der Waals surface area contributed by atoms with Crippen molar-refractivity contribution in [2.45, 2.75) is 33.2 Å². The van der Waals surface area contributed by atoms with Gasteiger partial charge in [0.25, 0.3) is 0 Å². The first-order valence-corrected chi connectivity index (χ1v) is 8.24. The van der Waals surface area contributed by atoms with Gasteiger partial charge in [0.15, 0.2) is 0 Å². The molecule has 4 heteroatoms. The molecule has 0 atom stereocenters. The number of aryl methyl sites for hydroxylation is 1. The molecule has 1 N–H and O–H groups in total. The van der Waals surface area contributed by atoms with Crippen molar-refractivity contribution in [3.8, 4) is 0 Å². The molecule has 0 aromatic heterocycles. The average molecular weight is 322 g/mol. The summed E-state index contributed by atoms with van der Waals surface area (Å²) in [5.41, 5.74) is 5.32. The lowest BCUT2D eigenvalue weighted by Gasteiger charge is -2.28. The first-order valence-electron chi connectivity index (χ1n) is 8.24. The van der Waals surface area contributed by atoms with Crippen LogP contribution in [-0.4, -0.2) is 23.3 Å². The maximum Gasteiger partial charge on any atom is 0.228 e. The molecule has 24 heavy (non-hydrogen) atoms. The lowest BCUT2D eigenvalue weighted by Crippen LogP contribution is -2.34. The summed E-state index contributed by atoms with van der Waals surface area (Å²) in [7, 11) is 0. The fourth-order valence-corrected chi connectivity index (χ4v) is 3.12. The van der Waals surface area contributed by atoms with Gasteiger partial charge in [-0.3, -0.25) is 9.59 Å². The first-order chi connectivity index (χ1) is 11.5. The number of fused-ring (bicyclic) bond motifs is 1. The Morgan fingerprint density at radius 1 is 1.12 bits per heavy atom. The highest BCUT2D eigenvalue weighted by Crippen LogP contribution is 2.23. The van der Waals surface area contributed by atoms with Gasteiger partial charge in [-0.1, -0.05) is 35.9 Å². The molecule has 4 nitrogen and oxygen atoms in total. The van der Waals surface area contributed by atoms with Gasteiger partial charge in [0.2, 0.25) is 11.8 Å². The van der Waals surface area contributed by atoms with Gasteiger partial charge in [0, 0.05) is 25.7 Å². The van der Waals surface area contributed by atoms with Crippen LogP contribution in [0.2, 0.25) is 0 Å². The molecular formula is C20H22N2O2. The summed E-state index contributed by atoms with van der Waals surface area (Å²) in [6.07, 6.45) is 1.23. The monoisotopic (exact) mass is 322 g/mol. The topological polar surface area (TPSA) is 49.4 Å². The molecule has 2 aromatic carbocycles. The number of hydrogen-bond donors (Lipinski definition) is 1. The van der Waals surface area contributed by atoms with E-state index in [9.17, 15) is 9.59 Å². The Balaban J connectivity index is 1.68. The van der Waals surface area contributed by atoms with Crippen LogP contribution in [0.4, 0.5) is 5.69 Å². The van der Waals surface area contributed by atoms with Crippen LogP contribution in [0.1, 0.15) is 29.2 Å². The molecule has 1 heterocycles. The molecule has 0 saturated carbocycles. The number of hydrogen-bond acceptors (Lipinski definition) is 2. The maximum absolute atomic E-state index is 12.3. The average Bonchev–Trinajstić information content (AvgIpc) is 2.54. The van der Waals surface area contributed by atoms with Gasteiger partial charge in [0.1, 0.15) is 0 Å². The van der Waals surface area contributed by atoms with Crippen LogP contribution in [0.5, 0.6) is 0 Å². The second-order valence-corrected chi connectivity index (χ2v) is 6.39. The third kappa shape index (κ3) is 3.82. The molecule has 3 rings (SSSR count). The lowest BCUT2D eigenvalue weighted by molar-refractivity contribution is -0.129. The quantitative estimate of drug-likeness (QED) is 0.944. The summed E-state index contributed by atoms with van der Waals surface area (Å²) in [6.45, 7) is 5.00. The number of anilines is 1. The summed E-state index contributed by atoms with van der Waals surface area (Å²) >= 11 is 0. The SMILES string of the molecule is CC(=O)N1CCc2ccc(NC(=O)Cc3cccc(C)c3)cc2C1. The van der Waals surface area contributed by atoms with E-state index in [0.29, 0.717) is 13.0 Å². The van der Waals surface area contributed by atoms with Crippen molar-refractivity contribution in [3.63, 3.8) is 0 Å². The highest BCUT2D eigenvalue weighted by molar-refractivity contribution is 5.92. The normalized spacial score (nSPS) is 13.3. The van der Waals surface area contributed by atoms with E-state index in [1.54, 1.807) is 6.92 Å². The van der Waals surface area contributed by atoms with Gasteiger partial charge in [-0.05, 0) is 42.2 Å². The second-order valence-electron chi connectivity index (χ2n) is 6.39. The van der Waals surface area contributed by atoms with Gasteiger partial charge in [0.05, 0.1) is 6.42 Å². The molecule has 2 aromatic rings. The predicted molar refractivity (Wildman–Crippen MR) is 94.7 cm³/mol. The summed E-state index contributed by atoms with van der Waals surface area (Å²) in [6, 6.07) is 13.9. The van der Waals surface area contributed by atoms with E-state index in [0.717, 1.165) is 35.3 Å². The van der Waals surface area contributed by atoms with E-state index in [1.165, 1.54) is 5.56 Å². The molecule has 0 unspecified atom stereocenters. The minimum atomic E-state index is -0.0280. The number of nitrogens with zero attached hydrogens (tertiary/aromatic N) is 1. The third-order valence-electron chi connectivity index (χ3n) is 4.39. The Morgan fingerprint density at radius 2 is 1.96 bits per heavy atom. The number of amides is 2. The molecule has 1 aliphatic heterocycles. The number of benzene rings is 2. The van der Waals surface area contributed by atoms with E-state index >= 15 is 0 Å². The van der Waals surface area contributed by atoms with Crippen LogP contribution in [0.15, 0.2) is 42.5 Å². The Bertz CT molecular complexity index is 783. The highest BCUT2D eigenvalue weighted by Gasteiger charge is 2.18. The Labute approximate surface area is 142 Å². The van der Waals surface area contributed by atoms with Crippen LogP contribution in [0.3, 0.4) is 0 Å². The van der Waals surface area contributed by atoms with Crippen molar-refractivity contribution < 1.29 is 9.59 Å². The third-order valence-corrected chi connectivity index (χ3v) is 4.39. The number of rotatable bonds is 3. The zero-order valence-corrected chi connectivity index (χ0v) is 14.1. The number of carbonyl (C=O) groups is 2. The Hall–Kier alpha value is -2.62. The van der Waals surface area contributed by atoms with E-state index < -0.39 is 0 Å². The Kier molecular flexibility index (Phi) is 4.65. The fraction of sp³-hybridized carbons (Fsp3) is 0.300. The lowest BCUT2D eigenvalue weighted by atomic mass is 9.99. The molecule has 0 bridgehead atoms. The summed E-state index contributed by atoms with van der Waals surface area (Å²) in [5, 5.41) is 2.96. The Morgan fingerprint density at radius 3 is 2.71 bits per heavy atom. The smallest absolute Gasteiger partial charge is 0.228 e. The van der Waals surface area contributed by atoms with Crippen LogP contribution in [0.25, 0.3) is 0 Å². The van der Waals surface area contributed by atoms with Crippen molar-refractivity contribution in [1.82, 2.24) is 4.90 Å². The zero-order chi connectivity index (χ0) is 17.1. The van der Waals surface area contributed by atoms with Crippen LogP contribution in [0, 0.1) is 6.92 Å². The molecule has 2 amide bonds. The summed E-state index contributed by atoms with van der Waals surface area (Å²) in [5.74, 6) is 0.0642. The van der Waals surface area contributed by atoms with Gasteiger partial charge in [-0.2, -0.15) is 0 Å². The van der Waals surface area contributed by atoms with Crippen molar-refractivity contribution in [1.29, 1.82) is 0 Å². The van der Waals surface area contributed by atoms with Crippen LogP contribution >= 0.6 is 0 Å². The minimum absolute atomic E-state index is 0.0280. The molecule has 0 spiro atoms. The van der Waals surface area contributed by atoms with Gasteiger partial charge >= 0.3 is 0 Å².